The van der Waals surface area contributed by atoms with Crippen LogP contribution in [0.5, 0.6) is 0 Å². The highest BCUT2D eigenvalue weighted by Gasteiger charge is 2.30. The minimum Gasteiger partial charge on any atom is -0.241 e. The van der Waals surface area contributed by atoms with Crippen molar-refractivity contribution in [3.63, 3.8) is 0 Å². The van der Waals surface area contributed by atoms with Crippen molar-refractivity contribution < 1.29 is 0 Å². The van der Waals surface area contributed by atoms with Crippen molar-refractivity contribution in [2.75, 3.05) is 0 Å². The first kappa shape index (κ1) is 22.8. The molecule has 0 unspecified atom stereocenters. The van der Waals surface area contributed by atoms with Crippen LogP contribution < -0.4 is 0 Å². The van der Waals surface area contributed by atoms with Crippen LogP contribution in [0.4, 0.5) is 0 Å². The first-order valence-corrected chi connectivity index (χ1v) is 13.1. The van der Waals surface area contributed by atoms with Crippen molar-refractivity contribution >= 4 is 0 Å². The van der Waals surface area contributed by atoms with E-state index in [0.717, 1.165) is 42.3 Å². The zero-order chi connectivity index (χ0) is 20.3. The van der Waals surface area contributed by atoms with Gasteiger partial charge in [0, 0.05) is 18.8 Å². The molecule has 0 aromatic carbocycles. The van der Waals surface area contributed by atoms with Crippen LogP contribution in [0.3, 0.4) is 0 Å². The quantitative estimate of drug-likeness (QED) is 0.353. The second-order valence-electron chi connectivity index (χ2n) is 10.2. The van der Waals surface area contributed by atoms with Gasteiger partial charge in [-0.2, -0.15) is 0 Å². The van der Waals surface area contributed by atoms with Gasteiger partial charge in [0.2, 0.25) is 0 Å². The molecule has 29 heavy (non-hydrogen) atoms. The third-order valence-electron chi connectivity index (χ3n) is 8.13. The van der Waals surface area contributed by atoms with E-state index in [0.29, 0.717) is 0 Å². The van der Waals surface area contributed by atoms with Gasteiger partial charge in [0.05, 0.1) is 0 Å². The van der Waals surface area contributed by atoms with Gasteiger partial charge in [-0.15, -0.1) is 0 Å². The first-order valence-electron chi connectivity index (χ1n) is 13.1. The van der Waals surface area contributed by atoms with Crippen LogP contribution in [0.1, 0.15) is 122 Å². The SMILES string of the molecule is CCCCCCCc1cnc(CC[C@H]2CC[C@H]([C@H]3CC[C@H](CC)CC3)CC2)nc1. The Kier molecular flexibility index (Phi) is 9.97. The maximum absolute atomic E-state index is 4.67. The molecule has 164 valence electrons. The highest BCUT2D eigenvalue weighted by atomic mass is 14.9. The Balaban J connectivity index is 1.30. The van der Waals surface area contributed by atoms with Gasteiger partial charge in [-0.25, -0.2) is 9.97 Å². The molecule has 0 bridgehead atoms. The second-order valence-corrected chi connectivity index (χ2v) is 10.2. The van der Waals surface area contributed by atoms with Crippen LogP contribution >= 0.6 is 0 Å². The largest absolute Gasteiger partial charge is 0.241 e. The van der Waals surface area contributed by atoms with E-state index >= 15 is 0 Å². The van der Waals surface area contributed by atoms with Crippen LogP contribution in [-0.4, -0.2) is 9.97 Å². The number of aromatic nitrogens is 2. The number of hydrogen-bond acceptors (Lipinski definition) is 2. The Morgan fingerprint density at radius 1 is 0.690 bits per heavy atom. The molecule has 2 fully saturated rings. The highest BCUT2D eigenvalue weighted by Crippen LogP contribution is 2.42. The molecule has 0 radical (unpaired) electrons. The standard InChI is InChI=1S/C27H46N2/c1-3-5-6-7-8-9-24-20-28-27(29-21-24)19-14-23-12-17-26(18-13-23)25-15-10-22(4-2)11-16-25/h20-23,25-26H,3-19H2,1-2H3/t22-,23-,25-,26-. The third kappa shape index (κ3) is 7.68. The van der Waals surface area contributed by atoms with Crippen molar-refractivity contribution in [3.05, 3.63) is 23.8 Å². The molecule has 0 aliphatic heterocycles. The average molecular weight is 399 g/mol. The van der Waals surface area contributed by atoms with Gasteiger partial charge in [-0.05, 0) is 74.2 Å². The third-order valence-corrected chi connectivity index (χ3v) is 8.13. The predicted molar refractivity (Wildman–Crippen MR) is 124 cm³/mol. The fourth-order valence-electron chi connectivity index (χ4n) is 5.92. The van der Waals surface area contributed by atoms with Crippen LogP contribution in [0, 0.1) is 23.7 Å². The number of rotatable bonds is 11. The van der Waals surface area contributed by atoms with Crippen molar-refractivity contribution in [3.8, 4) is 0 Å². The molecule has 1 aromatic rings. The lowest BCUT2D eigenvalue weighted by Gasteiger charge is -2.37. The Labute approximate surface area is 180 Å². The van der Waals surface area contributed by atoms with E-state index in [1.165, 1.54) is 102 Å². The van der Waals surface area contributed by atoms with Crippen molar-refractivity contribution in [2.24, 2.45) is 23.7 Å². The maximum atomic E-state index is 4.67. The minimum absolute atomic E-state index is 0.917. The Morgan fingerprint density at radius 2 is 1.28 bits per heavy atom. The molecule has 0 amide bonds. The molecule has 2 saturated carbocycles. The Hall–Kier alpha value is -0.920. The summed E-state index contributed by atoms with van der Waals surface area (Å²) in [5.74, 6) is 5.11. The number of unbranched alkanes of at least 4 members (excludes halogenated alkanes) is 4. The lowest BCUT2D eigenvalue weighted by molar-refractivity contribution is 0.142. The molecule has 0 saturated heterocycles. The monoisotopic (exact) mass is 398 g/mol. The predicted octanol–water partition coefficient (Wildman–Crippen LogP) is 7.94. The second kappa shape index (κ2) is 12.7. The van der Waals surface area contributed by atoms with E-state index < -0.39 is 0 Å². The number of nitrogens with zero attached hydrogens (tertiary/aromatic N) is 2. The summed E-state index contributed by atoms with van der Waals surface area (Å²) in [6.45, 7) is 4.65. The summed E-state index contributed by atoms with van der Waals surface area (Å²) in [5, 5.41) is 0. The lowest BCUT2D eigenvalue weighted by Crippen LogP contribution is -2.26. The summed E-state index contributed by atoms with van der Waals surface area (Å²) >= 11 is 0. The summed E-state index contributed by atoms with van der Waals surface area (Å²) in [7, 11) is 0. The van der Waals surface area contributed by atoms with Gasteiger partial charge >= 0.3 is 0 Å². The van der Waals surface area contributed by atoms with Gasteiger partial charge in [-0.1, -0.05) is 71.6 Å². The van der Waals surface area contributed by atoms with E-state index in [4.69, 9.17) is 0 Å². The Bertz CT molecular complexity index is 536. The van der Waals surface area contributed by atoms with E-state index in [2.05, 4.69) is 36.2 Å². The van der Waals surface area contributed by atoms with Gasteiger partial charge in [0.25, 0.3) is 0 Å². The molecule has 2 aliphatic carbocycles. The van der Waals surface area contributed by atoms with Gasteiger partial charge in [0.15, 0.2) is 0 Å². The van der Waals surface area contributed by atoms with Crippen molar-refractivity contribution in [1.82, 2.24) is 9.97 Å². The molecule has 0 spiro atoms. The zero-order valence-corrected chi connectivity index (χ0v) is 19.4. The summed E-state index contributed by atoms with van der Waals surface area (Å²) in [5.41, 5.74) is 1.32. The Morgan fingerprint density at radius 3 is 1.86 bits per heavy atom. The summed E-state index contributed by atoms with van der Waals surface area (Å²) in [6, 6.07) is 0. The van der Waals surface area contributed by atoms with Crippen LogP contribution in [0.25, 0.3) is 0 Å². The van der Waals surface area contributed by atoms with E-state index in [9.17, 15) is 0 Å². The fourth-order valence-corrected chi connectivity index (χ4v) is 5.92. The minimum atomic E-state index is 0.917. The van der Waals surface area contributed by atoms with Crippen LogP contribution in [0.15, 0.2) is 12.4 Å². The molecule has 1 aromatic heterocycles. The molecule has 2 heteroatoms. The zero-order valence-electron chi connectivity index (χ0n) is 19.4. The topological polar surface area (TPSA) is 25.8 Å². The van der Waals surface area contributed by atoms with E-state index in [1.807, 2.05) is 0 Å². The van der Waals surface area contributed by atoms with Crippen LogP contribution in [0.2, 0.25) is 0 Å². The molecular weight excluding hydrogens is 352 g/mol. The summed E-state index contributed by atoms with van der Waals surface area (Å²) in [4.78, 5) is 9.34. The molecule has 3 rings (SSSR count). The molecular formula is C27H46N2. The average Bonchev–Trinajstić information content (AvgIpc) is 2.79. The maximum Gasteiger partial charge on any atom is 0.128 e. The van der Waals surface area contributed by atoms with Gasteiger partial charge in [0.1, 0.15) is 5.82 Å². The molecule has 2 nitrogen and oxygen atoms in total. The normalized spacial score (nSPS) is 27.8. The van der Waals surface area contributed by atoms with Crippen LogP contribution in [-0.2, 0) is 12.8 Å². The molecule has 2 aliphatic rings. The van der Waals surface area contributed by atoms with E-state index in [-0.39, 0.29) is 0 Å². The number of aryl methyl sites for hydroxylation is 2. The fraction of sp³-hybridized carbons (Fsp3) is 0.852. The smallest absolute Gasteiger partial charge is 0.128 e. The van der Waals surface area contributed by atoms with Crippen molar-refractivity contribution in [1.29, 1.82) is 0 Å². The molecule has 0 N–H and O–H groups in total. The summed E-state index contributed by atoms with van der Waals surface area (Å²) < 4.78 is 0. The molecule has 0 atom stereocenters. The number of hydrogen-bond donors (Lipinski definition) is 0. The van der Waals surface area contributed by atoms with Crippen molar-refractivity contribution in [2.45, 2.75) is 123 Å². The summed E-state index contributed by atoms with van der Waals surface area (Å²) in [6.07, 6.45) is 27.7. The molecule has 1 heterocycles. The van der Waals surface area contributed by atoms with E-state index in [1.54, 1.807) is 0 Å². The van der Waals surface area contributed by atoms with Gasteiger partial charge < -0.3 is 0 Å². The first-order chi connectivity index (χ1) is 14.3. The van der Waals surface area contributed by atoms with Gasteiger partial charge in [-0.3, -0.25) is 0 Å². The highest BCUT2D eigenvalue weighted by molar-refractivity contribution is 5.05. The lowest BCUT2D eigenvalue weighted by atomic mass is 9.68.